The molecule has 0 saturated carbocycles. The van der Waals surface area contributed by atoms with E-state index < -0.39 is 152 Å². The second-order valence-electron chi connectivity index (χ2n) is 19.9. The number of ether oxygens (including phenoxy) is 4. The number of aliphatic hydroxyl groups is 8. The van der Waals surface area contributed by atoms with Crippen molar-refractivity contribution in [2.45, 2.75) is 54.5 Å². The second-order valence-corrected chi connectivity index (χ2v) is 20.3. The number of esters is 1. The van der Waals surface area contributed by atoms with Crippen molar-refractivity contribution < 1.29 is 95.2 Å². The molecule has 0 amide bonds. The Morgan fingerprint density at radius 2 is 0.965 bits per heavy atom. The van der Waals surface area contributed by atoms with Crippen molar-refractivity contribution in [3.05, 3.63) is 165 Å². The monoisotopic (exact) mass is 1190 g/mol. The molecule has 13 rings (SSSR count). The van der Waals surface area contributed by atoms with Crippen LogP contribution in [0.15, 0.2) is 151 Å². The van der Waals surface area contributed by atoms with Crippen molar-refractivity contribution in [1.82, 2.24) is 0 Å². The van der Waals surface area contributed by atoms with E-state index in [4.69, 9.17) is 36.3 Å². The van der Waals surface area contributed by atoms with E-state index >= 15 is 0 Å². The second kappa shape index (κ2) is 22.4. The molecule has 17 bridgehead atoms. The first-order chi connectivity index (χ1) is 41.0. The maximum Gasteiger partial charge on any atom is 0.335 e. The molecule has 0 aliphatic carbocycles. The Kier molecular flexibility index (Phi) is 14.9. The van der Waals surface area contributed by atoms with Gasteiger partial charge in [-0.2, -0.15) is 0 Å². The molecule has 6 heterocycles. The number of hydrogen-bond acceptors (Lipinski definition) is 20. The number of halogens is 1. The Morgan fingerprint density at radius 1 is 0.465 bits per heavy atom. The normalized spacial score (nSPS) is 22.7. The summed E-state index contributed by atoms with van der Waals surface area (Å²) in [5.41, 5.74) is 4.52. The highest BCUT2D eigenvalue weighted by Crippen LogP contribution is 2.49. The van der Waals surface area contributed by atoms with Crippen LogP contribution in [0.2, 0.25) is 5.02 Å². The number of rotatable bonds is 1. The topological polar surface area (TPSA) is 437 Å². The Hall–Kier alpha value is -10.8. The first-order valence-electron chi connectivity index (χ1n) is 25.7. The minimum atomic E-state index is -2.19. The van der Waals surface area contributed by atoms with Gasteiger partial charge < -0.3 is 96.2 Å². The minimum absolute atomic E-state index is 0.0126. The lowest BCUT2D eigenvalue weighted by Gasteiger charge is -2.25. The number of benzene rings is 7. The molecule has 27 heteroatoms. The number of fused-ring (bicyclic) bond motifs is 12. The van der Waals surface area contributed by atoms with E-state index in [2.05, 4.69) is 30.0 Å². The van der Waals surface area contributed by atoms with Gasteiger partial charge in [-0.05, 0) is 101 Å². The minimum Gasteiger partial charge on any atom is -0.508 e. The SMILES string of the molecule is COC(=O)C1N=C(O)C2N=C(O)C(N=C(O)C3N=C(O)C4N=C(O)C(N=C(O)C(N)c5ccc(O)c(c5)Oc5cc(O)c(Cl)c4c5)C(O)c4ccc(cc4)Oc4cc3cc(c4O)Oc3ccc(cc3)C2O)c2ccc(O)c(c2)-c2c(O)cc(O)cc21. The van der Waals surface area contributed by atoms with Crippen molar-refractivity contribution in [1.29, 1.82) is 0 Å². The van der Waals surface area contributed by atoms with Crippen LogP contribution in [0.4, 0.5) is 0 Å². The van der Waals surface area contributed by atoms with Gasteiger partial charge in [0.15, 0.2) is 59.2 Å². The summed E-state index contributed by atoms with van der Waals surface area (Å²) in [6.07, 6.45) is -3.92. The Bertz CT molecular complexity index is 4100. The van der Waals surface area contributed by atoms with Crippen molar-refractivity contribution in [2.24, 2.45) is 35.7 Å². The van der Waals surface area contributed by atoms with Gasteiger partial charge in [-0.1, -0.05) is 48.0 Å². The summed E-state index contributed by atoms with van der Waals surface area (Å²) in [7, 11) is 0.976. The third kappa shape index (κ3) is 10.7. The number of nitrogens with zero attached hydrogens (tertiary/aromatic N) is 6. The molecule has 26 nitrogen and oxygen atoms in total. The van der Waals surface area contributed by atoms with E-state index in [0.717, 1.165) is 55.6 Å². The van der Waals surface area contributed by atoms with E-state index in [0.29, 0.717) is 0 Å². The van der Waals surface area contributed by atoms with Gasteiger partial charge in [-0.15, -0.1) is 0 Å². The predicted octanol–water partition coefficient (Wildman–Crippen LogP) is 8.95. The zero-order chi connectivity index (χ0) is 61.2. The van der Waals surface area contributed by atoms with Crippen LogP contribution in [-0.4, -0.2) is 132 Å². The van der Waals surface area contributed by atoms with E-state index in [1.54, 1.807) is 0 Å². The molecule has 9 atom stereocenters. The first kappa shape index (κ1) is 57.0. The number of hydrogen-bond donors (Lipinski definition) is 15. The lowest BCUT2D eigenvalue weighted by molar-refractivity contribution is -0.142. The predicted molar refractivity (Wildman–Crippen MR) is 307 cm³/mol. The van der Waals surface area contributed by atoms with Crippen LogP contribution in [0.3, 0.4) is 0 Å². The maximum absolute atomic E-state index is 13.6. The van der Waals surface area contributed by atoms with Gasteiger partial charge >= 0.3 is 5.97 Å². The highest BCUT2D eigenvalue weighted by Gasteiger charge is 2.38. The smallest absolute Gasteiger partial charge is 0.335 e. The van der Waals surface area contributed by atoms with Crippen LogP contribution in [0, 0.1) is 0 Å². The molecule has 0 aromatic heterocycles. The van der Waals surface area contributed by atoms with Crippen LogP contribution in [0.1, 0.15) is 81.4 Å². The molecule has 440 valence electrons. The summed E-state index contributed by atoms with van der Waals surface area (Å²) in [5, 5.41) is 165. The van der Waals surface area contributed by atoms with Crippen LogP contribution in [-0.2, 0) is 9.53 Å². The molecule has 0 saturated heterocycles. The number of aliphatic imine (C=N–C) groups is 6. The third-order valence-corrected chi connectivity index (χ3v) is 14.8. The Morgan fingerprint density at radius 3 is 1.58 bits per heavy atom. The molecule has 7 aromatic rings. The fourth-order valence-corrected chi connectivity index (χ4v) is 10.2. The number of carbonyl (C=O) groups excluding carboxylic acids is 1. The van der Waals surface area contributed by atoms with E-state index in [9.17, 15) is 76.3 Å². The number of phenols is 6. The fraction of sp³-hybridized carbons (Fsp3) is 0.169. The van der Waals surface area contributed by atoms with Gasteiger partial charge in [0.25, 0.3) is 0 Å². The number of nitrogens with two attached hydrogens (primary N) is 1. The molecular weight excluding hydrogens is 1150 g/mol. The van der Waals surface area contributed by atoms with Gasteiger partial charge in [-0.3, -0.25) is 0 Å². The van der Waals surface area contributed by atoms with Gasteiger partial charge in [0.05, 0.1) is 12.1 Å². The summed E-state index contributed by atoms with van der Waals surface area (Å²) in [6, 6.07) is 9.89. The van der Waals surface area contributed by atoms with E-state index in [-0.39, 0.29) is 67.5 Å². The quantitative estimate of drug-likeness (QED) is 0.0681. The lowest BCUT2D eigenvalue weighted by Crippen LogP contribution is -2.32. The molecule has 0 spiro atoms. The Balaban J connectivity index is 1.22. The summed E-state index contributed by atoms with van der Waals surface area (Å²) in [6.45, 7) is 0. The lowest BCUT2D eigenvalue weighted by atomic mass is 9.90. The average Bonchev–Trinajstić information content (AvgIpc) is 1.20. The average molecular weight is 1190 g/mol. The molecular formula is C59H48ClN7O19. The molecule has 0 fully saturated rings. The van der Waals surface area contributed by atoms with Gasteiger partial charge in [0.1, 0.15) is 58.5 Å². The Labute approximate surface area is 489 Å². The van der Waals surface area contributed by atoms with Crippen molar-refractivity contribution in [2.75, 3.05) is 7.11 Å². The molecule has 6 aliphatic rings. The zero-order valence-corrected chi connectivity index (χ0v) is 44.9. The summed E-state index contributed by atoms with van der Waals surface area (Å²) >= 11 is 6.82. The standard InChI is InChI=1S/C59H48ClN7O19/c1-83-59(82)47-32-18-27(68)19-36(71)41(32)31-14-25(7-12-34(31)69)44-54(77)67-49(58(81)65-47)51(74)23-4-10-29(11-5-23)85-40-17-26-16-39(52(40)75)84-28-8-2-22(3-9-28)50(73)48-57(80)64-46(56(79)63-45(26)55(78)62-44)33-20-30(21-37(72)42(33)60)86-38-15-24(6-13-35(38)70)43(61)53(76)66-48/h2-21,43-51,68-75H,61H2,1H3,(H,62,78)(H,63,79)(H,64,80)(H,65,81)(H,66,76)(H,67,77). The number of phenolic OH excluding ortho intramolecular Hbond substituents is 6. The molecule has 86 heavy (non-hydrogen) atoms. The summed E-state index contributed by atoms with van der Waals surface area (Å²) < 4.78 is 23.5. The van der Waals surface area contributed by atoms with Crippen LogP contribution < -0.4 is 19.9 Å². The number of aliphatic hydroxyl groups excluding tert-OH is 8. The third-order valence-electron chi connectivity index (χ3n) is 14.4. The van der Waals surface area contributed by atoms with Gasteiger partial charge in [-0.25, -0.2) is 34.7 Å². The first-order valence-corrected chi connectivity index (χ1v) is 26.1. The van der Waals surface area contributed by atoms with Gasteiger partial charge in [0, 0.05) is 34.4 Å². The summed E-state index contributed by atoms with van der Waals surface area (Å²) in [4.78, 5) is 39.6. The fourth-order valence-electron chi connectivity index (χ4n) is 10.00. The van der Waals surface area contributed by atoms with Crippen LogP contribution in [0.5, 0.6) is 69.0 Å². The largest absolute Gasteiger partial charge is 0.508 e. The highest BCUT2D eigenvalue weighted by molar-refractivity contribution is 6.33. The molecule has 6 aliphatic heterocycles. The van der Waals surface area contributed by atoms with Gasteiger partial charge in [0.2, 0.25) is 41.1 Å². The van der Waals surface area contributed by atoms with Crippen molar-refractivity contribution in [3.63, 3.8) is 0 Å². The molecule has 9 unspecified atom stereocenters. The van der Waals surface area contributed by atoms with Crippen LogP contribution >= 0.6 is 11.6 Å². The highest BCUT2D eigenvalue weighted by atomic mass is 35.5. The zero-order valence-electron chi connectivity index (χ0n) is 44.2. The summed E-state index contributed by atoms with van der Waals surface area (Å²) in [5.74, 6) is -13.3. The molecule has 16 N–H and O–H groups in total. The van der Waals surface area contributed by atoms with Crippen molar-refractivity contribution in [3.8, 4) is 80.1 Å². The molecule has 0 radical (unpaired) electrons. The van der Waals surface area contributed by atoms with Crippen molar-refractivity contribution >= 4 is 53.0 Å². The molecule has 7 aromatic carbocycles. The number of aromatic hydroxyl groups is 6. The van der Waals surface area contributed by atoms with E-state index in [1.165, 1.54) is 72.8 Å². The number of carbonyl (C=O) groups is 1. The van der Waals surface area contributed by atoms with Crippen LogP contribution in [0.25, 0.3) is 11.1 Å². The maximum atomic E-state index is 13.6. The number of methoxy groups -OCH3 is 1. The van der Waals surface area contributed by atoms with E-state index in [1.807, 2.05) is 0 Å².